The van der Waals surface area contributed by atoms with Gasteiger partial charge >= 0.3 is 5.97 Å². The number of carboxylic acid groups (broad SMARTS) is 1. The van der Waals surface area contributed by atoms with Gasteiger partial charge in [-0.3, -0.25) is 0 Å². The summed E-state index contributed by atoms with van der Waals surface area (Å²) in [5, 5.41) is 10.5. The van der Waals surface area contributed by atoms with Crippen molar-refractivity contribution in [2.75, 3.05) is 13.6 Å². The van der Waals surface area contributed by atoms with E-state index in [-0.39, 0.29) is 16.3 Å². The van der Waals surface area contributed by atoms with Crippen LogP contribution >= 0.6 is 11.3 Å². The summed E-state index contributed by atoms with van der Waals surface area (Å²) in [6, 6.07) is 0. The molecule has 1 rings (SSSR count). The van der Waals surface area contributed by atoms with Gasteiger partial charge in [0.05, 0.1) is 0 Å². The number of likely N-dealkylation sites (N-methyl/N-ethyl adjacent to an activating group) is 1. The zero-order valence-electron chi connectivity index (χ0n) is 10.4. The van der Waals surface area contributed by atoms with Crippen molar-refractivity contribution in [1.29, 1.82) is 0 Å². The molecule has 1 aromatic heterocycles. The van der Waals surface area contributed by atoms with Gasteiger partial charge in [0, 0.05) is 13.6 Å². The maximum absolute atomic E-state index is 12.3. The van der Waals surface area contributed by atoms with Crippen LogP contribution in [0.2, 0.25) is 0 Å². The molecular formula is C11H15NO4S2. The third-order valence-electron chi connectivity index (χ3n) is 2.27. The van der Waals surface area contributed by atoms with Crippen molar-refractivity contribution in [1.82, 2.24) is 4.31 Å². The maximum atomic E-state index is 12.3. The van der Waals surface area contributed by atoms with Crippen LogP contribution < -0.4 is 0 Å². The quantitative estimate of drug-likeness (QED) is 0.841. The Bertz CT molecular complexity index is 586. The van der Waals surface area contributed by atoms with Crippen LogP contribution in [0.15, 0.2) is 22.4 Å². The van der Waals surface area contributed by atoms with Crippen molar-refractivity contribution in [3.05, 3.63) is 28.0 Å². The Labute approximate surface area is 110 Å². The first-order chi connectivity index (χ1) is 8.17. The second-order valence-corrected chi connectivity index (χ2v) is 6.96. The topological polar surface area (TPSA) is 74.7 Å². The Morgan fingerprint density at radius 2 is 2.11 bits per heavy atom. The minimum atomic E-state index is -3.79. The molecule has 0 saturated heterocycles. The lowest BCUT2D eigenvalue weighted by molar-refractivity contribution is 0.0698. The average molecular weight is 289 g/mol. The van der Waals surface area contributed by atoms with E-state index in [1.165, 1.54) is 12.4 Å². The van der Waals surface area contributed by atoms with Crippen LogP contribution in [0.25, 0.3) is 0 Å². The molecule has 7 heteroatoms. The Hall–Kier alpha value is -1.18. The molecule has 0 spiro atoms. The lowest BCUT2D eigenvalue weighted by Gasteiger charge is -2.17. The molecule has 0 unspecified atom stereocenters. The zero-order chi connectivity index (χ0) is 14.1. The summed E-state index contributed by atoms with van der Waals surface area (Å²) in [5.41, 5.74) is 1.14. The molecule has 18 heavy (non-hydrogen) atoms. The van der Waals surface area contributed by atoms with Gasteiger partial charge in [-0.2, -0.15) is 4.31 Å². The monoisotopic (exact) mass is 289 g/mol. The van der Waals surface area contributed by atoms with Gasteiger partial charge in [0.2, 0.25) is 10.0 Å². The predicted molar refractivity (Wildman–Crippen MR) is 70.6 cm³/mol. The Morgan fingerprint density at radius 1 is 1.56 bits per heavy atom. The van der Waals surface area contributed by atoms with Gasteiger partial charge in [-0.15, -0.1) is 11.3 Å². The minimum absolute atomic E-state index is 0.122. The molecule has 0 saturated carbocycles. The molecule has 1 aromatic rings. The molecule has 0 aliphatic heterocycles. The highest BCUT2D eigenvalue weighted by atomic mass is 32.2. The van der Waals surface area contributed by atoms with E-state index < -0.39 is 16.0 Å². The summed E-state index contributed by atoms with van der Waals surface area (Å²) in [6.45, 7) is 7.11. The molecule has 1 N–H and O–H groups in total. The van der Waals surface area contributed by atoms with Crippen molar-refractivity contribution in [3.8, 4) is 0 Å². The molecule has 1 heterocycles. The van der Waals surface area contributed by atoms with Crippen LogP contribution in [0.5, 0.6) is 0 Å². The molecule has 0 aliphatic rings. The second kappa shape index (κ2) is 5.21. The Balaban J connectivity index is 3.32. The van der Waals surface area contributed by atoms with Gasteiger partial charge in [0.25, 0.3) is 0 Å². The highest BCUT2D eigenvalue weighted by Crippen LogP contribution is 2.29. The van der Waals surface area contributed by atoms with Crippen molar-refractivity contribution in [2.45, 2.75) is 18.7 Å². The minimum Gasteiger partial charge on any atom is -0.477 e. The number of carbonyl (C=O) groups is 1. The number of hydrogen-bond donors (Lipinski definition) is 1. The number of aromatic carboxylic acids is 1. The van der Waals surface area contributed by atoms with E-state index in [1.807, 2.05) is 0 Å². The number of nitrogens with zero attached hydrogens (tertiary/aromatic N) is 1. The van der Waals surface area contributed by atoms with Crippen molar-refractivity contribution < 1.29 is 18.3 Å². The number of hydrogen-bond acceptors (Lipinski definition) is 4. The van der Waals surface area contributed by atoms with E-state index in [2.05, 4.69) is 6.58 Å². The molecule has 0 bridgehead atoms. The van der Waals surface area contributed by atoms with Gasteiger partial charge in [0.15, 0.2) is 0 Å². The summed E-state index contributed by atoms with van der Waals surface area (Å²) in [6.07, 6.45) is 0. The van der Waals surface area contributed by atoms with E-state index in [0.29, 0.717) is 11.1 Å². The molecule has 0 atom stereocenters. The molecular weight excluding hydrogens is 274 g/mol. The summed E-state index contributed by atoms with van der Waals surface area (Å²) >= 11 is 0.920. The smallest absolute Gasteiger partial charge is 0.347 e. The van der Waals surface area contributed by atoms with E-state index in [9.17, 15) is 13.2 Å². The molecule has 0 aliphatic carbocycles. The van der Waals surface area contributed by atoms with Gasteiger partial charge in [-0.1, -0.05) is 12.2 Å². The highest BCUT2D eigenvalue weighted by molar-refractivity contribution is 7.89. The van der Waals surface area contributed by atoms with Gasteiger partial charge in [-0.05, 0) is 24.8 Å². The summed E-state index contributed by atoms with van der Waals surface area (Å²) < 4.78 is 25.7. The average Bonchev–Trinajstić information content (AvgIpc) is 2.59. The fourth-order valence-electron chi connectivity index (χ4n) is 1.52. The molecule has 100 valence electrons. The number of rotatable bonds is 5. The van der Waals surface area contributed by atoms with E-state index in [4.69, 9.17) is 5.11 Å². The molecule has 0 radical (unpaired) electrons. The highest BCUT2D eigenvalue weighted by Gasteiger charge is 2.30. The molecule has 0 fully saturated rings. The van der Waals surface area contributed by atoms with Crippen molar-refractivity contribution in [3.63, 3.8) is 0 Å². The molecule has 5 nitrogen and oxygen atoms in total. The Kier molecular flexibility index (Phi) is 4.31. The molecule has 0 aromatic carbocycles. The standard InChI is InChI=1S/C11H15NO4S2/c1-7(2)5-12(4)18(15,16)10-8(3)6-17-9(10)11(13)14/h6H,1,5H2,2-4H3,(H,13,14). The molecule has 0 amide bonds. The van der Waals surface area contributed by atoms with Gasteiger partial charge in [-0.25, -0.2) is 13.2 Å². The van der Waals surface area contributed by atoms with E-state index in [1.54, 1.807) is 13.8 Å². The van der Waals surface area contributed by atoms with Crippen molar-refractivity contribution in [2.24, 2.45) is 0 Å². The van der Waals surface area contributed by atoms with Crippen molar-refractivity contribution >= 4 is 27.3 Å². The SMILES string of the molecule is C=C(C)CN(C)S(=O)(=O)c1c(C)csc1C(=O)O. The second-order valence-electron chi connectivity index (χ2n) is 4.10. The first-order valence-electron chi connectivity index (χ1n) is 5.10. The van der Waals surface area contributed by atoms with Gasteiger partial charge in [0.1, 0.15) is 9.77 Å². The normalized spacial score (nSPS) is 11.8. The lowest BCUT2D eigenvalue weighted by Crippen LogP contribution is -2.29. The summed E-state index contributed by atoms with van der Waals surface area (Å²) in [5.74, 6) is -1.23. The predicted octanol–water partition coefficient (Wildman–Crippen LogP) is 1.95. The first-order valence-corrected chi connectivity index (χ1v) is 7.42. The summed E-state index contributed by atoms with van der Waals surface area (Å²) in [7, 11) is -2.39. The third-order valence-corrected chi connectivity index (χ3v) is 5.48. The van der Waals surface area contributed by atoms with Crippen LogP contribution in [0.1, 0.15) is 22.2 Å². The van der Waals surface area contributed by atoms with E-state index >= 15 is 0 Å². The maximum Gasteiger partial charge on any atom is 0.347 e. The van der Waals surface area contributed by atoms with Crippen LogP contribution in [0, 0.1) is 6.92 Å². The van der Waals surface area contributed by atoms with Gasteiger partial charge < -0.3 is 5.11 Å². The van der Waals surface area contributed by atoms with Crippen LogP contribution in [0.3, 0.4) is 0 Å². The Morgan fingerprint density at radius 3 is 2.56 bits per heavy atom. The fourth-order valence-corrected chi connectivity index (χ4v) is 4.33. The van der Waals surface area contributed by atoms with Crippen LogP contribution in [-0.2, 0) is 10.0 Å². The van der Waals surface area contributed by atoms with Crippen LogP contribution in [0.4, 0.5) is 0 Å². The lowest BCUT2D eigenvalue weighted by atomic mass is 10.3. The third kappa shape index (κ3) is 2.80. The number of aryl methyl sites for hydroxylation is 1. The van der Waals surface area contributed by atoms with Crippen LogP contribution in [-0.4, -0.2) is 37.4 Å². The van der Waals surface area contributed by atoms with E-state index in [0.717, 1.165) is 15.6 Å². The fraction of sp³-hybridized carbons (Fsp3) is 0.364. The number of thiophene rings is 1. The number of carboxylic acids is 1. The summed E-state index contributed by atoms with van der Waals surface area (Å²) in [4.78, 5) is 10.8. The largest absolute Gasteiger partial charge is 0.477 e. The zero-order valence-corrected chi connectivity index (χ0v) is 12.1. The first kappa shape index (κ1) is 14.9. The number of sulfonamides is 1.